The van der Waals surface area contributed by atoms with Crippen molar-refractivity contribution in [2.75, 3.05) is 7.11 Å². The molecule has 0 unspecified atom stereocenters. The van der Waals surface area contributed by atoms with Crippen LogP contribution in [0.25, 0.3) is 0 Å². The molecule has 1 aromatic rings. The van der Waals surface area contributed by atoms with E-state index in [0.717, 1.165) is 11.3 Å². The van der Waals surface area contributed by atoms with Crippen molar-refractivity contribution in [2.45, 2.75) is 19.8 Å². The molecule has 70 valence electrons. The molecule has 3 nitrogen and oxygen atoms in total. The Morgan fingerprint density at radius 2 is 2.38 bits per heavy atom. The molecule has 0 aliphatic carbocycles. The first kappa shape index (κ1) is 9.71. The van der Waals surface area contributed by atoms with E-state index in [2.05, 4.69) is 4.98 Å². The molecule has 3 heteroatoms. The summed E-state index contributed by atoms with van der Waals surface area (Å²) in [5.41, 5.74) is 0.986. The molecule has 0 saturated carbocycles. The zero-order chi connectivity index (χ0) is 9.68. The van der Waals surface area contributed by atoms with Gasteiger partial charge in [-0.3, -0.25) is 4.98 Å². The number of nitrogens with zero attached hydrogens (tertiary/aromatic N) is 1. The zero-order valence-corrected chi connectivity index (χ0v) is 7.91. The summed E-state index contributed by atoms with van der Waals surface area (Å²) in [7, 11) is 1.62. The molecule has 0 radical (unpaired) electrons. The van der Waals surface area contributed by atoms with E-state index in [-0.39, 0.29) is 5.78 Å². The first-order chi connectivity index (χ1) is 6.24. The molecular weight excluding hydrogens is 166 g/mol. The lowest BCUT2D eigenvalue weighted by Gasteiger charge is -2.05. The highest BCUT2D eigenvalue weighted by atomic mass is 16.5. The smallest absolute Gasteiger partial charge is 0.130 e. The normalized spacial score (nSPS) is 9.69. The second-order valence-corrected chi connectivity index (χ2v) is 2.89. The molecule has 0 N–H and O–H groups in total. The number of ketones is 1. The van der Waals surface area contributed by atoms with Crippen LogP contribution in [0, 0.1) is 0 Å². The number of Topliss-reactive ketones (excluding diaryl/α,β-unsaturated/α-hetero) is 1. The number of aromatic nitrogens is 1. The Morgan fingerprint density at radius 1 is 1.62 bits per heavy atom. The van der Waals surface area contributed by atoms with E-state index in [1.165, 1.54) is 0 Å². The minimum Gasteiger partial charge on any atom is -0.496 e. The predicted octanol–water partition coefficient (Wildman–Crippen LogP) is 1.61. The van der Waals surface area contributed by atoms with Crippen LogP contribution in [0.2, 0.25) is 0 Å². The number of carbonyl (C=O) groups is 1. The zero-order valence-electron chi connectivity index (χ0n) is 7.91. The van der Waals surface area contributed by atoms with Crippen molar-refractivity contribution < 1.29 is 9.53 Å². The second kappa shape index (κ2) is 4.60. The van der Waals surface area contributed by atoms with Gasteiger partial charge in [0.1, 0.15) is 11.5 Å². The molecule has 0 fully saturated rings. The number of methoxy groups -OCH3 is 1. The summed E-state index contributed by atoms with van der Waals surface area (Å²) in [4.78, 5) is 14.7. The summed E-state index contributed by atoms with van der Waals surface area (Å²) >= 11 is 0. The van der Waals surface area contributed by atoms with Crippen molar-refractivity contribution in [3.63, 3.8) is 0 Å². The van der Waals surface area contributed by atoms with Crippen LogP contribution in [0.3, 0.4) is 0 Å². The van der Waals surface area contributed by atoms with Crippen LogP contribution in [0.1, 0.15) is 18.9 Å². The van der Waals surface area contributed by atoms with Gasteiger partial charge in [-0.1, -0.05) is 0 Å². The van der Waals surface area contributed by atoms with Gasteiger partial charge < -0.3 is 9.53 Å². The molecule has 0 saturated heterocycles. The molecule has 1 aromatic heterocycles. The average Bonchev–Trinajstić information content (AvgIpc) is 2.15. The fourth-order valence-corrected chi connectivity index (χ4v) is 1.11. The largest absolute Gasteiger partial charge is 0.496 e. The third-order valence-corrected chi connectivity index (χ3v) is 1.83. The third kappa shape index (κ3) is 2.86. The summed E-state index contributed by atoms with van der Waals surface area (Å²) < 4.78 is 5.13. The van der Waals surface area contributed by atoms with Gasteiger partial charge in [-0.05, 0) is 19.4 Å². The van der Waals surface area contributed by atoms with Crippen molar-refractivity contribution in [2.24, 2.45) is 0 Å². The number of hydrogen-bond donors (Lipinski definition) is 0. The molecule has 0 bridgehead atoms. The molecule has 0 spiro atoms. The Kier molecular flexibility index (Phi) is 3.43. The summed E-state index contributed by atoms with van der Waals surface area (Å²) in [6, 6.07) is 1.80. The summed E-state index contributed by atoms with van der Waals surface area (Å²) in [5, 5.41) is 0. The molecule has 0 atom stereocenters. The Hall–Kier alpha value is -1.38. The number of rotatable bonds is 4. The van der Waals surface area contributed by atoms with Gasteiger partial charge in [-0.15, -0.1) is 0 Å². The second-order valence-electron chi connectivity index (χ2n) is 2.89. The van der Waals surface area contributed by atoms with Gasteiger partial charge >= 0.3 is 0 Å². The minimum atomic E-state index is 0.186. The molecular formula is C10H13NO2. The molecule has 0 aliphatic rings. The third-order valence-electron chi connectivity index (χ3n) is 1.83. The number of carbonyl (C=O) groups excluding carboxylic acids is 1. The Labute approximate surface area is 77.8 Å². The van der Waals surface area contributed by atoms with Gasteiger partial charge in [-0.25, -0.2) is 0 Å². The maximum absolute atomic E-state index is 10.8. The minimum absolute atomic E-state index is 0.186. The molecule has 0 aromatic carbocycles. The lowest BCUT2D eigenvalue weighted by molar-refractivity contribution is -0.116. The van der Waals surface area contributed by atoms with E-state index in [9.17, 15) is 4.79 Å². The standard InChI is InChI=1S/C10H13NO2/c1-8(12)3-4-9-7-11-6-5-10(9)13-2/h5-7H,3-4H2,1-2H3. The molecule has 1 heterocycles. The van der Waals surface area contributed by atoms with Crippen LogP contribution >= 0.6 is 0 Å². The monoisotopic (exact) mass is 179 g/mol. The van der Waals surface area contributed by atoms with Crippen LogP contribution in [0.5, 0.6) is 5.75 Å². The van der Waals surface area contributed by atoms with E-state index in [1.807, 2.05) is 0 Å². The van der Waals surface area contributed by atoms with Crippen LogP contribution < -0.4 is 4.74 Å². The SMILES string of the molecule is COc1ccncc1CCC(C)=O. The van der Waals surface area contributed by atoms with E-state index < -0.39 is 0 Å². The molecule has 13 heavy (non-hydrogen) atoms. The number of hydrogen-bond acceptors (Lipinski definition) is 3. The van der Waals surface area contributed by atoms with Crippen molar-refractivity contribution >= 4 is 5.78 Å². The lowest BCUT2D eigenvalue weighted by atomic mass is 10.1. The van der Waals surface area contributed by atoms with Gasteiger partial charge in [0.25, 0.3) is 0 Å². The van der Waals surface area contributed by atoms with E-state index in [0.29, 0.717) is 12.8 Å². The molecule has 0 aliphatic heterocycles. The first-order valence-corrected chi connectivity index (χ1v) is 4.20. The Bertz CT molecular complexity index is 297. The van der Waals surface area contributed by atoms with Crippen LogP contribution in [0.15, 0.2) is 18.5 Å². The molecule has 1 rings (SSSR count). The van der Waals surface area contributed by atoms with Gasteiger partial charge in [0.15, 0.2) is 0 Å². The highest BCUT2D eigenvalue weighted by molar-refractivity contribution is 5.75. The topological polar surface area (TPSA) is 39.2 Å². The van der Waals surface area contributed by atoms with E-state index in [4.69, 9.17) is 4.74 Å². The molecule has 0 amide bonds. The van der Waals surface area contributed by atoms with Gasteiger partial charge in [0.05, 0.1) is 7.11 Å². The van der Waals surface area contributed by atoms with Crippen molar-refractivity contribution in [1.29, 1.82) is 0 Å². The maximum Gasteiger partial charge on any atom is 0.130 e. The summed E-state index contributed by atoms with van der Waals surface area (Å²) in [6.07, 6.45) is 4.66. The summed E-state index contributed by atoms with van der Waals surface area (Å²) in [5.74, 6) is 0.988. The van der Waals surface area contributed by atoms with Gasteiger partial charge in [-0.2, -0.15) is 0 Å². The fourth-order valence-electron chi connectivity index (χ4n) is 1.11. The number of pyridine rings is 1. The predicted molar refractivity (Wildman–Crippen MR) is 49.8 cm³/mol. The quantitative estimate of drug-likeness (QED) is 0.705. The average molecular weight is 179 g/mol. The van der Waals surface area contributed by atoms with Crippen LogP contribution in [0.4, 0.5) is 0 Å². The maximum atomic E-state index is 10.8. The van der Waals surface area contributed by atoms with Crippen LogP contribution in [-0.2, 0) is 11.2 Å². The van der Waals surface area contributed by atoms with E-state index >= 15 is 0 Å². The van der Waals surface area contributed by atoms with Crippen molar-refractivity contribution in [1.82, 2.24) is 4.98 Å². The number of aryl methyl sites for hydroxylation is 1. The Morgan fingerprint density at radius 3 is 3.00 bits per heavy atom. The van der Waals surface area contributed by atoms with Crippen LogP contribution in [-0.4, -0.2) is 17.9 Å². The lowest BCUT2D eigenvalue weighted by Crippen LogP contribution is -1.97. The first-order valence-electron chi connectivity index (χ1n) is 4.20. The highest BCUT2D eigenvalue weighted by Crippen LogP contribution is 2.17. The van der Waals surface area contributed by atoms with Gasteiger partial charge in [0.2, 0.25) is 0 Å². The highest BCUT2D eigenvalue weighted by Gasteiger charge is 2.02. The van der Waals surface area contributed by atoms with Gasteiger partial charge in [0, 0.05) is 24.4 Å². The summed E-state index contributed by atoms with van der Waals surface area (Å²) in [6.45, 7) is 1.59. The number of ether oxygens (including phenoxy) is 1. The fraction of sp³-hybridized carbons (Fsp3) is 0.400. The van der Waals surface area contributed by atoms with E-state index in [1.54, 1.807) is 32.5 Å². The Balaban J connectivity index is 2.69. The van der Waals surface area contributed by atoms with Crippen molar-refractivity contribution in [3.05, 3.63) is 24.0 Å². The van der Waals surface area contributed by atoms with Crippen molar-refractivity contribution in [3.8, 4) is 5.75 Å².